The van der Waals surface area contributed by atoms with Gasteiger partial charge in [-0.05, 0) is 17.9 Å². The highest BCUT2D eigenvalue weighted by atomic mass is 16.4. The average molecular weight is 362 g/mol. The molecular weight excluding hydrogens is 340 g/mol. The highest BCUT2D eigenvalue weighted by Gasteiger charge is 2.24. The van der Waals surface area contributed by atoms with Crippen LogP contribution in [-0.2, 0) is 6.54 Å². The Labute approximate surface area is 157 Å². The Balaban J connectivity index is 2.34. The van der Waals surface area contributed by atoms with Crippen LogP contribution < -0.4 is 5.56 Å². The molecule has 3 rings (SSSR count). The molecule has 5 nitrogen and oxygen atoms in total. The molecule has 0 amide bonds. The van der Waals surface area contributed by atoms with Crippen LogP contribution >= 0.6 is 0 Å². The van der Waals surface area contributed by atoms with Gasteiger partial charge in [0, 0.05) is 17.7 Å². The summed E-state index contributed by atoms with van der Waals surface area (Å²) in [7, 11) is 0. The number of aromatic carboxylic acids is 1. The highest BCUT2D eigenvalue weighted by molar-refractivity contribution is 5.99. The summed E-state index contributed by atoms with van der Waals surface area (Å²) in [6.45, 7) is 4.49. The van der Waals surface area contributed by atoms with Gasteiger partial charge in [0.2, 0.25) is 0 Å². The molecule has 0 bridgehead atoms. The number of carbonyl (C=O) groups is 1. The van der Waals surface area contributed by atoms with Crippen LogP contribution in [0.2, 0.25) is 0 Å². The number of rotatable bonds is 6. The number of hydrogen-bond donors (Lipinski definition) is 1. The molecule has 0 unspecified atom stereocenters. The van der Waals surface area contributed by atoms with E-state index >= 15 is 0 Å². The van der Waals surface area contributed by atoms with Crippen LogP contribution in [0.5, 0.6) is 0 Å². The summed E-state index contributed by atoms with van der Waals surface area (Å²) in [5.41, 5.74) is 1.50. The first-order valence-corrected chi connectivity index (χ1v) is 8.98. The third-order valence-electron chi connectivity index (χ3n) is 4.40. The lowest BCUT2D eigenvalue weighted by Gasteiger charge is -2.16. The van der Waals surface area contributed by atoms with Crippen molar-refractivity contribution in [2.75, 3.05) is 0 Å². The van der Waals surface area contributed by atoms with E-state index in [2.05, 4.69) is 18.9 Å². The zero-order valence-corrected chi connectivity index (χ0v) is 15.4. The fraction of sp³-hybridized carbons (Fsp3) is 0.227. The quantitative estimate of drug-likeness (QED) is 0.709. The monoisotopic (exact) mass is 362 g/mol. The molecule has 3 aromatic rings. The minimum atomic E-state index is -1.24. The van der Waals surface area contributed by atoms with E-state index in [0.29, 0.717) is 29.3 Å². The van der Waals surface area contributed by atoms with Crippen LogP contribution in [-0.4, -0.2) is 20.9 Å². The van der Waals surface area contributed by atoms with Crippen LogP contribution in [0.1, 0.15) is 30.6 Å². The Morgan fingerprint density at radius 3 is 2.07 bits per heavy atom. The molecule has 0 radical (unpaired) electrons. The SMILES string of the molecule is CC(C)CCn1nc(-c2ccccc2)c(-c2ccccc2)c(C(=O)O)c1=O. The fourth-order valence-corrected chi connectivity index (χ4v) is 2.98. The predicted octanol–water partition coefficient (Wildman–Crippen LogP) is 4.32. The lowest BCUT2D eigenvalue weighted by atomic mass is 9.95. The molecule has 138 valence electrons. The van der Waals surface area contributed by atoms with Crippen LogP contribution in [0.25, 0.3) is 22.4 Å². The number of benzene rings is 2. The largest absolute Gasteiger partial charge is 0.477 e. The van der Waals surface area contributed by atoms with Gasteiger partial charge in [-0.2, -0.15) is 5.10 Å². The first-order valence-electron chi connectivity index (χ1n) is 8.98. The summed E-state index contributed by atoms with van der Waals surface area (Å²) in [6, 6.07) is 18.5. The van der Waals surface area contributed by atoms with Gasteiger partial charge in [-0.3, -0.25) is 4.79 Å². The van der Waals surface area contributed by atoms with E-state index in [1.807, 2.05) is 48.5 Å². The van der Waals surface area contributed by atoms with Crippen molar-refractivity contribution in [2.24, 2.45) is 5.92 Å². The molecule has 0 aliphatic heterocycles. The molecule has 0 aliphatic carbocycles. The number of aryl methyl sites for hydroxylation is 1. The molecular formula is C22H22N2O3. The van der Waals surface area contributed by atoms with E-state index in [0.717, 1.165) is 12.0 Å². The van der Waals surface area contributed by atoms with Gasteiger partial charge in [0.25, 0.3) is 5.56 Å². The number of nitrogens with zero attached hydrogens (tertiary/aromatic N) is 2. The minimum Gasteiger partial charge on any atom is -0.477 e. The van der Waals surface area contributed by atoms with Crippen molar-refractivity contribution in [3.63, 3.8) is 0 Å². The van der Waals surface area contributed by atoms with Gasteiger partial charge in [-0.15, -0.1) is 0 Å². The molecule has 0 saturated carbocycles. The molecule has 0 fully saturated rings. The number of carboxylic acids is 1. The maximum atomic E-state index is 12.9. The summed E-state index contributed by atoms with van der Waals surface area (Å²) in [5, 5.41) is 14.4. The second kappa shape index (κ2) is 7.99. The second-order valence-electron chi connectivity index (χ2n) is 6.85. The third-order valence-corrected chi connectivity index (χ3v) is 4.40. The summed E-state index contributed by atoms with van der Waals surface area (Å²) in [6.07, 6.45) is 0.741. The van der Waals surface area contributed by atoms with Gasteiger partial charge in [0.05, 0.1) is 5.69 Å². The van der Waals surface area contributed by atoms with Gasteiger partial charge >= 0.3 is 5.97 Å². The third kappa shape index (κ3) is 3.97. The number of hydrogen-bond acceptors (Lipinski definition) is 3. The van der Waals surface area contributed by atoms with Gasteiger partial charge in [0.15, 0.2) is 0 Å². The maximum absolute atomic E-state index is 12.9. The van der Waals surface area contributed by atoms with Crippen molar-refractivity contribution in [2.45, 2.75) is 26.8 Å². The maximum Gasteiger partial charge on any atom is 0.342 e. The molecule has 0 aliphatic rings. The summed E-state index contributed by atoms with van der Waals surface area (Å²) >= 11 is 0. The molecule has 0 spiro atoms. The number of aromatic nitrogens is 2. The molecule has 0 saturated heterocycles. The Morgan fingerprint density at radius 1 is 1.00 bits per heavy atom. The van der Waals surface area contributed by atoms with Crippen LogP contribution in [0.3, 0.4) is 0 Å². The van der Waals surface area contributed by atoms with Crippen molar-refractivity contribution in [3.05, 3.63) is 76.6 Å². The standard InChI is InChI=1S/C22H22N2O3/c1-15(2)13-14-24-21(25)19(22(26)27)18(16-9-5-3-6-10-16)20(23-24)17-11-7-4-8-12-17/h3-12,15H,13-14H2,1-2H3,(H,26,27). The normalized spacial score (nSPS) is 10.9. The van der Waals surface area contributed by atoms with Gasteiger partial charge in [-0.1, -0.05) is 74.5 Å². The Morgan fingerprint density at radius 2 is 1.56 bits per heavy atom. The minimum absolute atomic E-state index is 0.237. The molecule has 2 aromatic carbocycles. The van der Waals surface area contributed by atoms with Gasteiger partial charge in [0.1, 0.15) is 5.56 Å². The van der Waals surface area contributed by atoms with Gasteiger partial charge < -0.3 is 5.11 Å². The summed E-state index contributed by atoms with van der Waals surface area (Å²) < 4.78 is 1.29. The van der Waals surface area contributed by atoms with E-state index < -0.39 is 11.5 Å². The van der Waals surface area contributed by atoms with E-state index in [-0.39, 0.29) is 5.56 Å². The lowest BCUT2D eigenvalue weighted by molar-refractivity contribution is 0.0694. The predicted molar refractivity (Wildman–Crippen MR) is 106 cm³/mol. The van der Waals surface area contributed by atoms with Crippen LogP contribution in [0, 0.1) is 5.92 Å². The van der Waals surface area contributed by atoms with Gasteiger partial charge in [-0.25, -0.2) is 9.48 Å². The van der Waals surface area contributed by atoms with Crippen LogP contribution in [0.15, 0.2) is 65.5 Å². The molecule has 1 N–H and O–H groups in total. The zero-order valence-electron chi connectivity index (χ0n) is 15.4. The fourth-order valence-electron chi connectivity index (χ4n) is 2.98. The summed E-state index contributed by atoms with van der Waals surface area (Å²) in [4.78, 5) is 25.0. The van der Waals surface area contributed by atoms with E-state index in [9.17, 15) is 14.7 Å². The first-order chi connectivity index (χ1) is 13.0. The molecule has 0 atom stereocenters. The van der Waals surface area contributed by atoms with Crippen molar-refractivity contribution in [1.82, 2.24) is 9.78 Å². The van der Waals surface area contributed by atoms with E-state index in [1.54, 1.807) is 12.1 Å². The average Bonchev–Trinajstić information content (AvgIpc) is 2.67. The molecule has 1 heterocycles. The van der Waals surface area contributed by atoms with Crippen molar-refractivity contribution in [3.8, 4) is 22.4 Å². The topological polar surface area (TPSA) is 72.2 Å². The lowest BCUT2D eigenvalue weighted by Crippen LogP contribution is -2.31. The van der Waals surface area contributed by atoms with E-state index in [4.69, 9.17) is 0 Å². The Kier molecular flexibility index (Phi) is 5.50. The second-order valence-corrected chi connectivity index (χ2v) is 6.85. The number of carboxylic acid groups (broad SMARTS) is 1. The zero-order chi connectivity index (χ0) is 19.4. The summed E-state index contributed by atoms with van der Waals surface area (Å²) in [5.74, 6) is -0.863. The van der Waals surface area contributed by atoms with Crippen molar-refractivity contribution in [1.29, 1.82) is 0 Å². The molecule has 5 heteroatoms. The van der Waals surface area contributed by atoms with Crippen LogP contribution in [0.4, 0.5) is 0 Å². The highest BCUT2D eigenvalue weighted by Crippen LogP contribution is 2.32. The van der Waals surface area contributed by atoms with Crippen molar-refractivity contribution < 1.29 is 9.90 Å². The molecule has 27 heavy (non-hydrogen) atoms. The Hall–Kier alpha value is -3.21. The molecule has 1 aromatic heterocycles. The Bertz CT molecular complexity index is 993. The smallest absolute Gasteiger partial charge is 0.342 e. The first kappa shape index (κ1) is 18.6. The van der Waals surface area contributed by atoms with E-state index in [1.165, 1.54) is 4.68 Å². The van der Waals surface area contributed by atoms with Crippen molar-refractivity contribution >= 4 is 5.97 Å².